The zero-order chi connectivity index (χ0) is 52.3. The monoisotopic (exact) mass is 1030 g/mol. The number of carbonyl (C=O) groups excluding carboxylic acids is 6. The number of aromatic amines is 1. The van der Waals surface area contributed by atoms with Crippen molar-refractivity contribution in [2.24, 2.45) is 5.92 Å². The Kier molecular flexibility index (Phi) is 17.8. The number of Topliss-reactive ketones (excluding diaryl/α,β-unsaturated/α-hetero) is 1. The zero-order valence-corrected chi connectivity index (χ0v) is 42.0. The van der Waals surface area contributed by atoms with Gasteiger partial charge in [0.05, 0.1) is 49.6 Å². The number of nitrogens with zero attached hydrogens (tertiary/aromatic N) is 4. The van der Waals surface area contributed by atoms with Gasteiger partial charge in [-0.3, -0.25) is 49.0 Å². The molecule has 3 N–H and O–H groups in total. The first-order chi connectivity index (χ1) is 36.4. The SMILES string of the molecule is O=C(CCCOCCOCCOCCCc1ccc2c(c1)C(=O)N(C1CCC(=O)NC1=O)C2=O)CN1CCN(c2ccc(C(=O)Nc3n[nH]c4ccc(Cc5cc(F)cc(F)c5)cc34)c(CC3CCOCC3)c2)CC1. The number of hydrogen-bond acceptors (Lipinski definition) is 13. The molecule has 3 saturated heterocycles. The van der Waals surface area contributed by atoms with Crippen molar-refractivity contribution >= 4 is 57.7 Å². The molecule has 5 heterocycles. The number of piperidine rings is 1. The summed E-state index contributed by atoms with van der Waals surface area (Å²) >= 11 is 0. The molecule has 5 aromatic rings. The molecule has 4 aliphatic rings. The standard InChI is InChI=1S/C56H63F2N7O10/c57-41-29-39(30-42(58)34-41)27-38-6-10-49-48(32-38)52(62-61-49)60-53(68)45-9-7-43(33-40(45)28-37-13-21-74-22-14-37)64-17-15-63(16-18-64)35-44(66)4-2-20-73-24-26-75-25-23-72-19-1-3-36-5-8-46-47(31-36)56(71)65(55(46)70)50-11-12-51(67)59-54(50)69/h5-10,29-34,37,50H,1-4,11-28,35H2,(H,59,67,69)(H2,60,61,62,68). The number of ether oxygens (including phenoxy) is 4. The molecule has 0 saturated carbocycles. The first kappa shape index (κ1) is 53.1. The molecule has 4 aromatic carbocycles. The van der Waals surface area contributed by atoms with Crippen LogP contribution < -0.4 is 15.5 Å². The van der Waals surface area contributed by atoms with Gasteiger partial charge in [-0.15, -0.1) is 0 Å². The number of halogens is 2. The fraction of sp³-hybridized carbons (Fsp3) is 0.446. The first-order valence-corrected chi connectivity index (χ1v) is 26.0. The van der Waals surface area contributed by atoms with Gasteiger partial charge in [0.25, 0.3) is 17.7 Å². The molecule has 9 rings (SSSR count). The molecule has 0 bridgehead atoms. The number of anilines is 2. The van der Waals surface area contributed by atoms with Crippen molar-refractivity contribution in [3.05, 3.63) is 123 Å². The summed E-state index contributed by atoms with van der Waals surface area (Å²) in [4.78, 5) is 82.4. The summed E-state index contributed by atoms with van der Waals surface area (Å²) in [5, 5.41) is 13.3. The van der Waals surface area contributed by atoms with Gasteiger partial charge >= 0.3 is 0 Å². The fourth-order valence-corrected chi connectivity index (χ4v) is 10.3. The predicted octanol–water partition coefficient (Wildman–Crippen LogP) is 6.21. The highest BCUT2D eigenvalue weighted by atomic mass is 19.1. The molecule has 17 nitrogen and oxygen atoms in total. The van der Waals surface area contributed by atoms with Crippen LogP contribution in [0, 0.1) is 17.6 Å². The molecule has 396 valence electrons. The Hall–Kier alpha value is -6.77. The molecule has 3 fully saturated rings. The van der Waals surface area contributed by atoms with Crippen molar-refractivity contribution in [3.8, 4) is 0 Å². The molecule has 0 spiro atoms. The van der Waals surface area contributed by atoms with Crippen molar-refractivity contribution < 1.29 is 56.5 Å². The Bertz CT molecular complexity index is 2880. The van der Waals surface area contributed by atoms with Crippen molar-refractivity contribution in [1.82, 2.24) is 25.3 Å². The van der Waals surface area contributed by atoms with Crippen LogP contribution in [0.25, 0.3) is 10.9 Å². The second kappa shape index (κ2) is 25.2. The number of imide groups is 2. The van der Waals surface area contributed by atoms with E-state index in [1.54, 1.807) is 18.2 Å². The topological polar surface area (TPSA) is 202 Å². The van der Waals surface area contributed by atoms with E-state index in [2.05, 4.69) is 36.7 Å². The average Bonchev–Trinajstić information content (AvgIpc) is 3.90. The molecule has 19 heteroatoms. The zero-order valence-electron chi connectivity index (χ0n) is 42.0. The van der Waals surface area contributed by atoms with Crippen LogP contribution in [0.15, 0.2) is 72.8 Å². The molecule has 0 radical (unpaired) electrons. The third-order valence-electron chi connectivity index (χ3n) is 14.3. The highest BCUT2D eigenvalue weighted by molar-refractivity contribution is 6.23. The van der Waals surface area contributed by atoms with Gasteiger partial charge in [-0.2, -0.15) is 5.10 Å². The molecule has 0 aliphatic carbocycles. The van der Waals surface area contributed by atoms with Crippen LogP contribution in [0.5, 0.6) is 0 Å². The quantitative estimate of drug-likeness (QED) is 0.0466. The minimum absolute atomic E-state index is 0.0706. The minimum atomic E-state index is -0.993. The van der Waals surface area contributed by atoms with Crippen molar-refractivity contribution in [2.75, 3.05) is 95.8 Å². The smallest absolute Gasteiger partial charge is 0.262 e. The molecule has 1 atom stereocenters. The van der Waals surface area contributed by atoms with Crippen molar-refractivity contribution in [3.63, 3.8) is 0 Å². The molecule has 5 amide bonds. The van der Waals surface area contributed by atoms with Crippen molar-refractivity contribution in [2.45, 2.75) is 70.3 Å². The maximum Gasteiger partial charge on any atom is 0.262 e. The normalized spacial score (nSPS) is 17.5. The summed E-state index contributed by atoms with van der Waals surface area (Å²) < 4.78 is 50.5. The average molecular weight is 1030 g/mol. The van der Waals surface area contributed by atoms with Crippen LogP contribution in [0.2, 0.25) is 0 Å². The number of fused-ring (bicyclic) bond motifs is 2. The van der Waals surface area contributed by atoms with Gasteiger partial charge in [0.1, 0.15) is 23.5 Å². The van der Waals surface area contributed by atoms with Crippen LogP contribution in [-0.4, -0.2) is 147 Å². The second-order valence-electron chi connectivity index (χ2n) is 19.6. The number of piperazine rings is 1. The third kappa shape index (κ3) is 13.8. The molecular weight excluding hydrogens is 969 g/mol. The highest BCUT2D eigenvalue weighted by Crippen LogP contribution is 2.31. The van der Waals surface area contributed by atoms with E-state index in [-0.39, 0.29) is 35.7 Å². The largest absolute Gasteiger partial charge is 0.381 e. The van der Waals surface area contributed by atoms with Gasteiger partial charge in [-0.25, -0.2) is 8.78 Å². The summed E-state index contributed by atoms with van der Waals surface area (Å²) in [6.45, 7) is 7.29. The first-order valence-electron chi connectivity index (χ1n) is 26.0. The number of amides is 5. The number of nitrogens with one attached hydrogen (secondary N) is 3. The Morgan fingerprint density at radius 2 is 1.44 bits per heavy atom. The number of ketones is 1. The highest BCUT2D eigenvalue weighted by Gasteiger charge is 2.44. The van der Waals surface area contributed by atoms with E-state index in [1.807, 2.05) is 30.3 Å². The third-order valence-corrected chi connectivity index (χ3v) is 14.3. The van der Waals surface area contributed by atoms with E-state index in [0.29, 0.717) is 120 Å². The predicted molar refractivity (Wildman–Crippen MR) is 274 cm³/mol. The maximum absolute atomic E-state index is 14.0. The number of H-pyrrole nitrogens is 1. The number of benzene rings is 4. The molecule has 4 aliphatic heterocycles. The lowest BCUT2D eigenvalue weighted by molar-refractivity contribution is -0.136. The van der Waals surface area contributed by atoms with E-state index in [1.165, 1.54) is 12.1 Å². The Labute approximate surface area is 433 Å². The van der Waals surface area contributed by atoms with Gasteiger partial charge in [0.2, 0.25) is 11.8 Å². The number of carbonyl (C=O) groups is 6. The molecule has 1 unspecified atom stereocenters. The minimum Gasteiger partial charge on any atom is -0.381 e. The van der Waals surface area contributed by atoms with Gasteiger partial charge in [-0.05, 0) is 134 Å². The Morgan fingerprint density at radius 1 is 0.733 bits per heavy atom. The summed E-state index contributed by atoms with van der Waals surface area (Å²) in [5.41, 5.74) is 5.99. The Morgan fingerprint density at radius 3 is 2.19 bits per heavy atom. The van der Waals surface area contributed by atoms with Crippen molar-refractivity contribution in [1.29, 1.82) is 0 Å². The summed E-state index contributed by atoms with van der Waals surface area (Å²) in [7, 11) is 0. The number of rotatable bonds is 24. The van der Waals surface area contributed by atoms with Gasteiger partial charge in [-0.1, -0.05) is 12.1 Å². The van der Waals surface area contributed by atoms with E-state index in [4.69, 9.17) is 18.9 Å². The Balaban J connectivity index is 0.648. The maximum atomic E-state index is 14.0. The number of hydrogen-bond donors (Lipinski definition) is 3. The summed E-state index contributed by atoms with van der Waals surface area (Å²) in [6.07, 6.45) is 5.43. The van der Waals surface area contributed by atoms with Crippen LogP contribution >= 0.6 is 0 Å². The summed E-state index contributed by atoms with van der Waals surface area (Å²) in [6, 6.07) is 19.2. The van der Waals surface area contributed by atoms with E-state index < -0.39 is 41.3 Å². The van der Waals surface area contributed by atoms with E-state index in [9.17, 15) is 37.5 Å². The van der Waals surface area contributed by atoms with Crippen LogP contribution in [-0.2, 0) is 52.6 Å². The van der Waals surface area contributed by atoms with Crippen LogP contribution in [0.4, 0.5) is 20.3 Å². The summed E-state index contributed by atoms with van der Waals surface area (Å²) in [5.74, 6) is -2.71. The lowest BCUT2D eigenvalue weighted by Crippen LogP contribution is -2.54. The molecular formula is C56H63F2N7O10. The lowest BCUT2D eigenvalue weighted by atomic mass is 9.89. The van der Waals surface area contributed by atoms with Crippen LogP contribution in [0.3, 0.4) is 0 Å². The number of aromatic nitrogens is 2. The number of aryl methyl sites for hydroxylation is 1. The molecule has 75 heavy (non-hydrogen) atoms. The lowest BCUT2D eigenvalue weighted by Gasteiger charge is -2.36. The van der Waals surface area contributed by atoms with E-state index >= 15 is 0 Å². The second-order valence-corrected chi connectivity index (χ2v) is 19.6. The van der Waals surface area contributed by atoms with Gasteiger partial charge in [0, 0.05) is 88.2 Å². The van der Waals surface area contributed by atoms with Gasteiger partial charge < -0.3 is 29.2 Å². The molecule has 1 aromatic heterocycles. The fourth-order valence-electron chi connectivity index (χ4n) is 10.3. The van der Waals surface area contributed by atoms with Crippen LogP contribution in [0.1, 0.15) is 98.3 Å². The van der Waals surface area contributed by atoms with E-state index in [0.717, 1.165) is 84.3 Å². The van der Waals surface area contributed by atoms with Gasteiger partial charge in [0.15, 0.2) is 5.82 Å².